The monoisotopic (exact) mass is 336 g/mol. The number of hydrogen-bond acceptors (Lipinski definition) is 5. The van der Waals surface area contributed by atoms with Gasteiger partial charge in [-0.05, 0) is 32.0 Å². The summed E-state index contributed by atoms with van der Waals surface area (Å²) < 4.78 is 26.0. The van der Waals surface area contributed by atoms with Crippen LogP contribution in [-0.4, -0.2) is 16.5 Å². The van der Waals surface area contributed by atoms with Crippen molar-refractivity contribution in [2.24, 2.45) is 0 Å². The number of carbonyl (C=O) groups excluding carboxylic acids is 2. The van der Waals surface area contributed by atoms with Crippen LogP contribution in [0.2, 0.25) is 0 Å². The lowest BCUT2D eigenvalue weighted by atomic mass is 10.1. The molecule has 0 fully saturated rings. The summed E-state index contributed by atoms with van der Waals surface area (Å²) in [6.45, 7) is 2.46. The molecule has 0 aliphatic rings. The zero-order valence-corrected chi connectivity index (χ0v) is 12.9. The second kappa shape index (κ2) is 7.91. The van der Waals surface area contributed by atoms with E-state index in [4.69, 9.17) is 5.73 Å². The Hall–Kier alpha value is -3.16. The standard InChI is InChI=1S/C8H6FNO3.C8H8FNO/c1-5(11)6-3-2-4-7(8(6)9)10(12)13;1-5(11)6-3-2-4-7(10)8(6)9/h2-4H,1H3;2-4H,10H2,1H3. The van der Waals surface area contributed by atoms with Gasteiger partial charge in [-0.1, -0.05) is 12.1 Å². The fourth-order valence-corrected chi connectivity index (χ4v) is 1.75. The molecule has 2 N–H and O–H groups in total. The Balaban J connectivity index is 0.000000243. The van der Waals surface area contributed by atoms with Gasteiger partial charge in [-0.25, -0.2) is 4.39 Å². The lowest BCUT2D eigenvalue weighted by Gasteiger charge is -1.99. The van der Waals surface area contributed by atoms with Crippen molar-refractivity contribution in [2.75, 3.05) is 5.73 Å². The molecule has 24 heavy (non-hydrogen) atoms. The van der Waals surface area contributed by atoms with E-state index in [1.165, 1.54) is 31.2 Å². The number of nitrogen functional groups attached to an aromatic ring is 1. The van der Waals surface area contributed by atoms with Gasteiger partial charge in [0.25, 0.3) is 0 Å². The van der Waals surface area contributed by atoms with Crippen molar-refractivity contribution >= 4 is 22.9 Å². The number of halogens is 2. The summed E-state index contributed by atoms with van der Waals surface area (Å²) >= 11 is 0. The van der Waals surface area contributed by atoms with Crippen molar-refractivity contribution in [1.29, 1.82) is 0 Å². The molecule has 0 saturated heterocycles. The van der Waals surface area contributed by atoms with Gasteiger partial charge in [0.2, 0.25) is 5.82 Å². The molecular formula is C16H14F2N2O4. The number of nitro benzene ring substituents is 1. The van der Waals surface area contributed by atoms with Crippen molar-refractivity contribution in [2.45, 2.75) is 13.8 Å². The molecule has 126 valence electrons. The number of anilines is 1. The summed E-state index contributed by atoms with van der Waals surface area (Å²) in [4.78, 5) is 30.9. The molecule has 0 aliphatic carbocycles. The second-order valence-corrected chi connectivity index (χ2v) is 4.72. The third-order valence-corrected chi connectivity index (χ3v) is 2.96. The Morgan fingerprint density at radius 2 is 1.42 bits per heavy atom. The van der Waals surface area contributed by atoms with Crippen LogP contribution in [0.4, 0.5) is 20.2 Å². The highest BCUT2D eigenvalue weighted by atomic mass is 19.1. The molecule has 0 aliphatic heterocycles. The first-order valence-electron chi connectivity index (χ1n) is 6.65. The van der Waals surface area contributed by atoms with E-state index in [0.29, 0.717) is 0 Å². The van der Waals surface area contributed by atoms with Crippen molar-refractivity contribution in [1.82, 2.24) is 0 Å². The van der Waals surface area contributed by atoms with Crippen LogP contribution in [0.25, 0.3) is 0 Å². The quantitative estimate of drug-likeness (QED) is 0.399. The maximum absolute atomic E-state index is 13.1. The molecule has 0 radical (unpaired) electrons. The maximum atomic E-state index is 13.1. The van der Waals surface area contributed by atoms with Gasteiger partial charge in [-0.2, -0.15) is 4.39 Å². The third-order valence-electron chi connectivity index (χ3n) is 2.96. The number of Topliss-reactive ketones (excluding diaryl/α,β-unsaturated/α-hetero) is 2. The fraction of sp³-hybridized carbons (Fsp3) is 0.125. The van der Waals surface area contributed by atoms with Crippen molar-refractivity contribution in [3.8, 4) is 0 Å². The Kier molecular flexibility index (Phi) is 6.22. The molecule has 0 unspecified atom stereocenters. The minimum absolute atomic E-state index is 0.0118. The van der Waals surface area contributed by atoms with E-state index in [9.17, 15) is 28.5 Å². The lowest BCUT2D eigenvalue weighted by Crippen LogP contribution is -2.00. The molecule has 0 saturated carbocycles. The van der Waals surface area contributed by atoms with Gasteiger partial charge in [0.1, 0.15) is 0 Å². The third kappa shape index (κ3) is 4.42. The van der Waals surface area contributed by atoms with Crippen LogP contribution in [0.3, 0.4) is 0 Å². The highest BCUT2D eigenvalue weighted by Crippen LogP contribution is 2.20. The lowest BCUT2D eigenvalue weighted by molar-refractivity contribution is -0.387. The molecule has 0 bridgehead atoms. The molecule has 8 heteroatoms. The predicted molar refractivity (Wildman–Crippen MR) is 83.9 cm³/mol. The fourth-order valence-electron chi connectivity index (χ4n) is 1.75. The number of nitrogens with two attached hydrogens (primary N) is 1. The number of benzene rings is 2. The molecule has 0 spiro atoms. The van der Waals surface area contributed by atoms with Crippen molar-refractivity contribution < 1.29 is 23.3 Å². The van der Waals surface area contributed by atoms with E-state index in [0.717, 1.165) is 13.0 Å². The maximum Gasteiger partial charge on any atom is 0.305 e. The largest absolute Gasteiger partial charge is 0.396 e. The Morgan fingerprint density at radius 3 is 1.83 bits per heavy atom. The summed E-state index contributed by atoms with van der Waals surface area (Å²) in [5.74, 6) is -2.53. The van der Waals surface area contributed by atoms with Crippen LogP contribution >= 0.6 is 0 Å². The highest BCUT2D eigenvalue weighted by molar-refractivity contribution is 5.95. The molecule has 0 aromatic heterocycles. The van der Waals surface area contributed by atoms with Crippen LogP contribution in [0.1, 0.15) is 34.6 Å². The molecular weight excluding hydrogens is 322 g/mol. The molecule has 0 atom stereocenters. The van der Waals surface area contributed by atoms with Gasteiger partial charge in [0, 0.05) is 6.07 Å². The van der Waals surface area contributed by atoms with E-state index >= 15 is 0 Å². The zero-order chi connectivity index (χ0) is 18.4. The molecule has 2 aromatic carbocycles. The average Bonchev–Trinajstić information content (AvgIpc) is 2.50. The van der Waals surface area contributed by atoms with E-state index in [-0.39, 0.29) is 22.6 Å². The molecule has 0 heterocycles. The van der Waals surface area contributed by atoms with E-state index in [1.54, 1.807) is 6.07 Å². The predicted octanol–water partition coefficient (Wildman–Crippen LogP) is 3.55. The Bertz CT molecular complexity index is 774. The van der Waals surface area contributed by atoms with Crippen LogP contribution < -0.4 is 5.73 Å². The summed E-state index contributed by atoms with van der Waals surface area (Å²) in [7, 11) is 0. The molecule has 6 nitrogen and oxygen atoms in total. The molecule has 2 aromatic rings. The number of hydrogen-bond donors (Lipinski definition) is 1. The Labute approximate surface area is 136 Å². The highest BCUT2D eigenvalue weighted by Gasteiger charge is 2.18. The minimum atomic E-state index is -1.07. The van der Waals surface area contributed by atoms with Gasteiger partial charge >= 0.3 is 5.69 Å². The van der Waals surface area contributed by atoms with Crippen LogP contribution in [0, 0.1) is 21.7 Å². The average molecular weight is 336 g/mol. The van der Waals surface area contributed by atoms with E-state index < -0.39 is 28.0 Å². The van der Waals surface area contributed by atoms with Crippen LogP contribution in [0.5, 0.6) is 0 Å². The summed E-state index contributed by atoms with van der Waals surface area (Å²) in [6, 6.07) is 7.88. The van der Waals surface area contributed by atoms with Crippen molar-refractivity contribution in [3.05, 3.63) is 69.3 Å². The number of ketones is 2. The van der Waals surface area contributed by atoms with Crippen LogP contribution in [-0.2, 0) is 0 Å². The van der Waals surface area contributed by atoms with Gasteiger partial charge in [0.15, 0.2) is 17.4 Å². The smallest absolute Gasteiger partial charge is 0.305 e. The topological polar surface area (TPSA) is 103 Å². The first kappa shape index (κ1) is 18.9. The van der Waals surface area contributed by atoms with Gasteiger partial charge in [-0.15, -0.1) is 0 Å². The summed E-state index contributed by atoms with van der Waals surface area (Å²) in [6.07, 6.45) is 0. The summed E-state index contributed by atoms with van der Waals surface area (Å²) in [5.41, 5.74) is 4.36. The number of rotatable bonds is 3. The zero-order valence-electron chi connectivity index (χ0n) is 12.9. The van der Waals surface area contributed by atoms with Crippen LogP contribution in [0.15, 0.2) is 36.4 Å². The first-order chi connectivity index (χ1) is 11.2. The second-order valence-electron chi connectivity index (χ2n) is 4.72. The van der Waals surface area contributed by atoms with Gasteiger partial charge in [-0.3, -0.25) is 19.7 Å². The van der Waals surface area contributed by atoms with E-state index in [1.807, 2.05) is 0 Å². The number of nitro groups is 1. The van der Waals surface area contributed by atoms with Crippen molar-refractivity contribution in [3.63, 3.8) is 0 Å². The number of carbonyl (C=O) groups is 2. The molecule has 2 rings (SSSR count). The Morgan fingerprint density at radius 1 is 0.958 bits per heavy atom. The normalized spacial score (nSPS) is 9.67. The first-order valence-corrected chi connectivity index (χ1v) is 6.65. The van der Waals surface area contributed by atoms with Gasteiger partial charge in [0.05, 0.1) is 21.7 Å². The van der Waals surface area contributed by atoms with Gasteiger partial charge < -0.3 is 5.73 Å². The molecule has 0 amide bonds. The number of nitrogens with zero attached hydrogens (tertiary/aromatic N) is 1. The SMILES string of the molecule is CC(=O)c1cccc(N)c1F.CC(=O)c1cccc([N+](=O)[O-])c1F. The van der Waals surface area contributed by atoms with E-state index in [2.05, 4.69) is 0 Å². The summed E-state index contributed by atoms with van der Waals surface area (Å²) in [5, 5.41) is 10.3. The minimum Gasteiger partial charge on any atom is -0.396 e.